The first-order valence-electron chi connectivity index (χ1n) is 5.49. The van der Waals surface area contributed by atoms with Gasteiger partial charge in [-0.25, -0.2) is 9.59 Å². The highest BCUT2D eigenvalue weighted by Crippen LogP contribution is 2.11. The van der Waals surface area contributed by atoms with Gasteiger partial charge in [0, 0.05) is 12.2 Å². The molecule has 0 radical (unpaired) electrons. The molecule has 0 heterocycles. The molecule has 0 atom stereocenters. The first-order valence-corrected chi connectivity index (χ1v) is 5.49. The predicted molar refractivity (Wildman–Crippen MR) is 68.7 cm³/mol. The number of carboxylic acid groups (broad SMARTS) is 1. The first kappa shape index (κ1) is 14.5. The van der Waals surface area contributed by atoms with Crippen LogP contribution < -0.4 is 4.74 Å². The molecule has 5 heteroatoms. The normalized spacial score (nSPS) is 10.8. The number of ether oxygens (including phenoxy) is 2. The second-order valence-electron chi connectivity index (χ2n) is 3.51. The fraction of sp³-hybridized carbons (Fsp3) is 0.143. The molecular weight excluding hydrogens is 248 g/mol. The van der Waals surface area contributed by atoms with E-state index in [0.29, 0.717) is 0 Å². The van der Waals surface area contributed by atoms with Crippen LogP contribution in [0.25, 0.3) is 0 Å². The molecular formula is C14H14O5. The fourth-order valence-electron chi connectivity index (χ4n) is 1.20. The molecule has 1 rings (SSSR count). The number of methoxy groups -OCH3 is 1. The zero-order chi connectivity index (χ0) is 14.1. The lowest BCUT2D eigenvalue weighted by Gasteiger charge is -2.03. The molecule has 19 heavy (non-hydrogen) atoms. The number of hydrogen-bond donors (Lipinski definition) is 1. The first-order chi connectivity index (χ1) is 9.11. The summed E-state index contributed by atoms with van der Waals surface area (Å²) in [4.78, 5) is 21.4. The van der Waals surface area contributed by atoms with Gasteiger partial charge in [0.2, 0.25) is 0 Å². The second-order valence-corrected chi connectivity index (χ2v) is 3.51. The van der Waals surface area contributed by atoms with Crippen LogP contribution in [-0.2, 0) is 20.9 Å². The quantitative estimate of drug-likeness (QED) is 0.482. The van der Waals surface area contributed by atoms with E-state index in [0.717, 1.165) is 23.5 Å². The van der Waals surface area contributed by atoms with Gasteiger partial charge in [-0.3, -0.25) is 0 Å². The van der Waals surface area contributed by atoms with E-state index in [-0.39, 0.29) is 6.61 Å². The van der Waals surface area contributed by atoms with Gasteiger partial charge in [0.05, 0.1) is 7.11 Å². The number of rotatable bonds is 6. The Kier molecular flexibility index (Phi) is 5.88. The summed E-state index contributed by atoms with van der Waals surface area (Å²) in [5.74, 6) is -0.879. The number of carboxylic acids is 1. The Bertz CT molecular complexity index is 485. The van der Waals surface area contributed by atoms with Crippen molar-refractivity contribution in [2.75, 3.05) is 7.11 Å². The highest BCUT2D eigenvalue weighted by atomic mass is 16.5. The SMILES string of the molecule is COc1ccc(COC(=O)/C=C/C=C/C(=O)O)cc1. The summed E-state index contributed by atoms with van der Waals surface area (Å²) in [5, 5.41) is 8.33. The topological polar surface area (TPSA) is 72.8 Å². The Morgan fingerprint density at radius 2 is 1.79 bits per heavy atom. The van der Waals surface area contributed by atoms with E-state index in [1.54, 1.807) is 31.4 Å². The van der Waals surface area contributed by atoms with Gasteiger partial charge in [-0.05, 0) is 17.7 Å². The van der Waals surface area contributed by atoms with E-state index in [2.05, 4.69) is 0 Å². The van der Waals surface area contributed by atoms with Crippen molar-refractivity contribution in [3.8, 4) is 5.75 Å². The van der Waals surface area contributed by atoms with Crippen molar-refractivity contribution < 1.29 is 24.2 Å². The third-order valence-corrected chi connectivity index (χ3v) is 2.12. The van der Waals surface area contributed by atoms with Crippen molar-refractivity contribution >= 4 is 11.9 Å². The summed E-state index contributed by atoms with van der Waals surface area (Å²) in [6.07, 6.45) is 4.64. The highest BCUT2D eigenvalue weighted by Gasteiger charge is 1.98. The van der Waals surface area contributed by atoms with Crippen LogP contribution in [0.4, 0.5) is 0 Å². The smallest absolute Gasteiger partial charge is 0.331 e. The molecule has 100 valence electrons. The molecule has 1 N–H and O–H groups in total. The van der Waals surface area contributed by atoms with Gasteiger partial charge in [0.1, 0.15) is 12.4 Å². The summed E-state index contributed by atoms with van der Waals surface area (Å²) in [7, 11) is 1.57. The molecule has 1 aromatic rings. The molecule has 0 aromatic heterocycles. The van der Waals surface area contributed by atoms with Crippen LogP contribution in [0.3, 0.4) is 0 Å². The van der Waals surface area contributed by atoms with Gasteiger partial charge in [0.25, 0.3) is 0 Å². The van der Waals surface area contributed by atoms with E-state index in [1.807, 2.05) is 0 Å². The van der Waals surface area contributed by atoms with Crippen molar-refractivity contribution in [2.24, 2.45) is 0 Å². The molecule has 1 aromatic carbocycles. The zero-order valence-electron chi connectivity index (χ0n) is 10.4. The molecule has 0 aliphatic heterocycles. The Labute approximate surface area is 110 Å². The average Bonchev–Trinajstić information content (AvgIpc) is 2.41. The number of hydrogen-bond acceptors (Lipinski definition) is 4. The maximum absolute atomic E-state index is 11.3. The van der Waals surface area contributed by atoms with Crippen LogP contribution in [0.2, 0.25) is 0 Å². The van der Waals surface area contributed by atoms with E-state index in [4.69, 9.17) is 14.6 Å². The zero-order valence-corrected chi connectivity index (χ0v) is 10.4. The van der Waals surface area contributed by atoms with E-state index in [9.17, 15) is 9.59 Å². The van der Waals surface area contributed by atoms with E-state index < -0.39 is 11.9 Å². The number of esters is 1. The second kappa shape index (κ2) is 7.71. The fourth-order valence-corrected chi connectivity index (χ4v) is 1.20. The minimum Gasteiger partial charge on any atom is -0.497 e. The van der Waals surface area contributed by atoms with Gasteiger partial charge in [-0.15, -0.1) is 0 Å². The van der Waals surface area contributed by atoms with Crippen molar-refractivity contribution in [3.05, 3.63) is 54.1 Å². The third kappa shape index (κ3) is 6.07. The Balaban J connectivity index is 2.39. The Morgan fingerprint density at radius 1 is 1.16 bits per heavy atom. The maximum atomic E-state index is 11.3. The largest absolute Gasteiger partial charge is 0.497 e. The molecule has 0 spiro atoms. The average molecular weight is 262 g/mol. The van der Waals surface area contributed by atoms with Crippen molar-refractivity contribution in [1.29, 1.82) is 0 Å². The van der Waals surface area contributed by atoms with Gasteiger partial charge < -0.3 is 14.6 Å². The number of carbonyl (C=O) groups is 2. The summed E-state index contributed by atoms with van der Waals surface area (Å²) in [6.45, 7) is 0.149. The summed E-state index contributed by atoms with van der Waals surface area (Å²) >= 11 is 0. The predicted octanol–water partition coefficient (Wildman–Crippen LogP) is 1.94. The van der Waals surface area contributed by atoms with Crippen LogP contribution in [0.5, 0.6) is 5.75 Å². The lowest BCUT2D eigenvalue weighted by atomic mass is 10.2. The molecule has 0 aliphatic carbocycles. The molecule has 0 bridgehead atoms. The van der Waals surface area contributed by atoms with Gasteiger partial charge >= 0.3 is 11.9 Å². The lowest BCUT2D eigenvalue weighted by Crippen LogP contribution is -2.00. The molecule has 0 unspecified atom stereocenters. The van der Waals surface area contributed by atoms with Crippen LogP contribution in [0.1, 0.15) is 5.56 Å². The van der Waals surface area contributed by atoms with Crippen molar-refractivity contribution in [3.63, 3.8) is 0 Å². The minimum atomic E-state index is -1.07. The molecule has 0 amide bonds. The van der Waals surface area contributed by atoms with E-state index in [1.165, 1.54) is 12.2 Å². The Morgan fingerprint density at radius 3 is 2.37 bits per heavy atom. The standard InChI is InChI=1S/C14H14O5/c1-18-12-8-6-11(7-9-12)10-19-14(17)5-3-2-4-13(15)16/h2-9H,10H2,1H3,(H,15,16)/b4-2+,5-3+. The lowest BCUT2D eigenvalue weighted by molar-refractivity contribution is -0.139. The number of benzene rings is 1. The molecule has 5 nitrogen and oxygen atoms in total. The maximum Gasteiger partial charge on any atom is 0.331 e. The Hall–Kier alpha value is -2.56. The number of aliphatic carboxylic acids is 1. The molecule has 0 saturated heterocycles. The van der Waals surface area contributed by atoms with Crippen LogP contribution in [0.15, 0.2) is 48.6 Å². The van der Waals surface area contributed by atoms with Crippen molar-refractivity contribution in [2.45, 2.75) is 6.61 Å². The van der Waals surface area contributed by atoms with Crippen LogP contribution in [-0.4, -0.2) is 24.2 Å². The molecule has 0 saturated carbocycles. The highest BCUT2D eigenvalue weighted by molar-refractivity contribution is 5.83. The summed E-state index contributed by atoms with van der Waals surface area (Å²) < 4.78 is 9.97. The van der Waals surface area contributed by atoms with Crippen molar-refractivity contribution in [1.82, 2.24) is 0 Å². The third-order valence-electron chi connectivity index (χ3n) is 2.12. The van der Waals surface area contributed by atoms with Gasteiger partial charge in [-0.1, -0.05) is 24.3 Å². The number of carbonyl (C=O) groups excluding carboxylic acids is 1. The van der Waals surface area contributed by atoms with Crippen LogP contribution >= 0.6 is 0 Å². The summed E-state index contributed by atoms with van der Waals surface area (Å²) in [5.41, 5.74) is 0.837. The number of allylic oxidation sites excluding steroid dienone is 2. The molecule has 0 aliphatic rings. The van der Waals surface area contributed by atoms with Gasteiger partial charge in [0.15, 0.2) is 0 Å². The van der Waals surface area contributed by atoms with Crippen LogP contribution in [0, 0.1) is 0 Å². The summed E-state index contributed by atoms with van der Waals surface area (Å²) in [6, 6.07) is 7.13. The van der Waals surface area contributed by atoms with E-state index >= 15 is 0 Å². The van der Waals surface area contributed by atoms with Gasteiger partial charge in [-0.2, -0.15) is 0 Å². The monoisotopic (exact) mass is 262 g/mol. The molecule has 0 fully saturated rings. The minimum absolute atomic E-state index is 0.149.